The Balaban J connectivity index is 1.42. The van der Waals surface area contributed by atoms with Crippen LogP contribution in [0.2, 0.25) is 0 Å². The maximum absolute atomic E-state index is 14.4. The van der Waals surface area contributed by atoms with E-state index in [-0.39, 0.29) is 28.6 Å². The monoisotopic (exact) mass is 498 g/mol. The highest BCUT2D eigenvalue weighted by atomic mass is 19.1. The number of Topliss-reactive ketones (excluding diaryl/α,β-unsaturated/α-hetero) is 2. The van der Waals surface area contributed by atoms with Crippen molar-refractivity contribution in [1.29, 1.82) is 0 Å². The lowest BCUT2D eigenvalue weighted by Crippen LogP contribution is -2.48. The van der Waals surface area contributed by atoms with Crippen molar-refractivity contribution in [3.05, 3.63) is 107 Å². The molecule has 190 valence electrons. The van der Waals surface area contributed by atoms with Gasteiger partial charge in [0.1, 0.15) is 17.4 Å². The van der Waals surface area contributed by atoms with E-state index in [0.717, 1.165) is 19.3 Å². The van der Waals surface area contributed by atoms with Gasteiger partial charge >= 0.3 is 0 Å². The highest BCUT2D eigenvalue weighted by molar-refractivity contribution is 6.12. The molecule has 37 heavy (non-hydrogen) atoms. The second kappa shape index (κ2) is 9.63. The first-order chi connectivity index (χ1) is 17.9. The number of benzene rings is 3. The van der Waals surface area contributed by atoms with Gasteiger partial charge in [-0.25, -0.2) is 8.78 Å². The lowest BCUT2D eigenvalue weighted by molar-refractivity contribution is -0.130. The van der Waals surface area contributed by atoms with Crippen molar-refractivity contribution in [2.45, 2.75) is 50.9 Å². The second-order valence-corrected chi connectivity index (χ2v) is 11.8. The molecule has 4 saturated carbocycles. The summed E-state index contributed by atoms with van der Waals surface area (Å²) in [6.07, 6.45) is 7.49. The molecule has 0 amide bonds. The van der Waals surface area contributed by atoms with Gasteiger partial charge in [0, 0.05) is 17.9 Å². The Kier molecular flexibility index (Phi) is 6.30. The third kappa shape index (κ3) is 4.79. The van der Waals surface area contributed by atoms with Gasteiger partial charge in [-0.15, -0.1) is 0 Å². The normalized spacial score (nSPS) is 26.8. The van der Waals surface area contributed by atoms with Gasteiger partial charge < -0.3 is 0 Å². The fourth-order valence-corrected chi connectivity index (χ4v) is 8.17. The summed E-state index contributed by atoms with van der Waals surface area (Å²) in [4.78, 5) is 28.5. The molecular weight excluding hydrogens is 466 g/mol. The molecule has 0 spiro atoms. The molecule has 4 aliphatic rings. The van der Waals surface area contributed by atoms with Crippen molar-refractivity contribution in [3.8, 4) is 0 Å². The van der Waals surface area contributed by atoms with Crippen molar-refractivity contribution in [3.63, 3.8) is 0 Å². The molecule has 0 N–H and O–H groups in total. The van der Waals surface area contributed by atoms with Crippen LogP contribution < -0.4 is 0 Å². The summed E-state index contributed by atoms with van der Waals surface area (Å²) in [6, 6.07) is 21.0. The number of hydrogen-bond donors (Lipinski definition) is 0. The Morgan fingerprint density at radius 1 is 0.703 bits per heavy atom. The largest absolute Gasteiger partial charge is 0.299 e. The minimum atomic E-state index is -0.966. The SMILES string of the molecule is O=C(CC12CC3CC(CC(C3)C1)C2)[C@H](C(=O)c1ccccc1)C(c1ccc(F)cc1)c1ccc(F)cc1. The average Bonchev–Trinajstić information content (AvgIpc) is 2.87. The summed E-state index contributed by atoms with van der Waals surface area (Å²) < 4.78 is 27.8. The van der Waals surface area contributed by atoms with E-state index in [0.29, 0.717) is 40.9 Å². The van der Waals surface area contributed by atoms with Gasteiger partial charge in [0.15, 0.2) is 5.78 Å². The molecule has 0 saturated heterocycles. The third-order valence-electron chi connectivity index (χ3n) is 9.19. The summed E-state index contributed by atoms with van der Waals surface area (Å²) in [5.74, 6) is -0.531. The quantitative estimate of drug-likeness (QED) is 0.235. The molecular formula is C33H32F2O2. The molecule has 7 rings (SSSR count). The molecule has 0 unspecified atom stereocenters. The molecule has 3 aromatic carbocycles. The topological polar surface area (TPSA) is 34.1 Å². The van der Waals surface area contributed by atoms with Gasteiger partial charge in [-0.2, -0.15) is 0 Å². The Bertz CT molecular complexity index is 1200. The minimum absolute atomic E-state index is 0.0167. The van der Waals surface area contributed by atoms with Crippen LogP contribution in [0.15, 0.2) is 78.9 Å². The number of hydrogen-bond acceptors (Lipinski definition) is 2. The maximum atomic E-state index is 14.4. The molecule has 2 nitrogen and oxygen atoms in total. The van der Waals surface area contributed by atoms with Gasteiger partial charge in [0.25, 0.3) is 0 Å². The molecule has 4 bridgehead atoms. The van der Waals surface area contributed by atoms with Gasteiger partial charge in [0.05, 0.1) is 5.92 Å². The molecule has 0 aromatic heterocycles. The molecule has 4 heteroatoms. The van der Waals surface area contributed by atoms with E-state index in [1.54, 1.807) is 48.5 Å². The fraction of sp³-hybridized carbons (Fsp3) is 0.394. The lowest BCUT2D eigenvalue weighted by atomic mass is 9.48. The second-order valence-electron chi connectivity index (χ2n) is 11.8. The van der Waals surface area contributed by atoms with Crippen LogP contribution in [0.3, 0.4) is 0 Å². The molecule has 0 heterocycles. The van der Waals surface area contributed by atoms with E-state index >= 15 is 0 Å². The zero-order valence-corrected chi connectivity index (χ0v) is 20.9. The van der Waals surface area contributed by atoms with Gasteiger partial charge in [-0.05, 0) is 97.1 Å². The first kappa shape index (κ1) is 24.2. The van der Waals surface area contributed by atoms with Crippen LogP contribution in [0.1, 0.15) is 72.3 Å². The number of rotatable bonds is 8. The van der Waals surface area contributed by atoms with Crippen LogP contribution in [0.25, 0.3) is 0 Å². The summed E-state index contributed by atoms with van der Waals surface area (Å²) in [7, 11) is 0. The molecule has 3 aromatic rings. The predicted octanol–water partition coefficient (Wildman–Crippen LogP) is 7.77. The van der Waals surface area contributed by atoms with E-state index in [1.165, 1.54) is 43.5 Å². The van der Waals surface area contributed by atoms with Crippen LogP contribution in [0.5, 0.6) is 0 Å². The molecule has 4 fully saturated rings. The Morgan fingerprint density at radius 3 is 1.62 bits per heavy atom. The number of carbonyl (C=O) groups excluding carboxylic acids is 2. The lowest BCUT2D eigenvalue weighted by Gasteiger charge is -2.57. The average molecular weight is 499 g/mol. The van der Waals surface area contributed by atoms with Crippen molar-refractivity contribution >= 4 is 11.6 Å². The first-order valence-electron chi connectivity index (χ1n) is 13.5. The van der Waals surface area contributed by atoms with E-state index in [9.17, 15) is 18.4 Å². The Hall–Kier alpha value is -3.14. The number of carbonyl (C=O) groups is 2. The zero-order chi connectivity index (χ0) is 25.6. The van der Waals surface area contributed by atoms with Crippen molar-refractivity contribution < 1.29 is 18.4 Å². The Labute approximate surface area is 217 Å². The Morgan fingerprint density at radius 2 is 1.16 bits per heavy atom. The first-order valence-corrected chi connectivity index (χ1v) is 13.5. The van der Waals surface area contributed by atoms with E-state index in [4.69, 9.17) is 0 Å². The fourth-order valence-electron chi connectivity index (χ4n) is 8.17. The van der Waals surface area contributed by atoms with Gasteiger partial charge in [-0.3, -0.25) is 9.59 Å². The van der Waals surface area contributed by atoms with Crippen molar-refractivity contribution in [2.24, 2.45) is 29.1 Å². The highest BCUT2D eigenvalue weighted by Crippen LogP contribution is 2.61. The van der Waals surface area contributed by atoms with Crippen LogP contribution in [0.4, 0.5) is 8.78 Å². The number of halogens is 2. The van der Waals surface area contributed by atoms with Crippen molar-refractivity contribution in [1.82, 2.24) is 0 Å². The maximum Gasteiger partial charge on any atom is 0.174 e. The summed E-state index contributed by atoms with van der Waals surface area (Å²) >= 11 is 0. The van der Waals surface area contributed by atoms with Crippen LogP contribution in [-0.2, 0) is 4.79 Å². The van der Waals surface area contributed by atoms with Crippen LogP contribution >= 0.6 is 0 Å². The standard InChI is InChI=1S/C33H32F2O2/c34-27-10-6-24(7-11-27)30(25-8-12-28(35)13-9-25)31(32(37)26-4-2-1-3-5-26)29(36)20-33-17-21-14-22(18-33)16-23(15-21)19-33/h1-13,21-23,30-31H,14-20H2/t21?,22?,23?,31-,33?/m0/s1. The van der Waals surface area contributed by atoms with E-state index in [1.807, 2.05) is 6.07 Å². The summed E-state index contributed by atoms with van der Waals surface area (Å²) in [5.41, 5.74) is 1.83. The summed E-state index contributed by atoms with van der Waals surface area (Å²) in [5, 5.41) is 0. The third-order valence-corrected chi connectivity index (χ3v) is 9.19. The molecule has 1 atom stereocenters. The predicted molar refractivity (Wildman–Crippen MR) is 139 cm³/mol. The highest BCUT2D eigenvalue weighted by Gasteiger charge is 2.52. The molecule has 0 radical (unpaired) electrons. The van der Waals surface area contributed by atoms with Crippen LogP contribution in [0, 0.1) is 40.7 Å². The smallest absolute Gasteiger partial charge is 0.174 e. The van der Waals surface area contributed by atoms with Crippen molar-refractivity contribution in [2.75, 3.05) is 0 Å². The summed E-state index contributed by atoms with van der Waals surface area (Å²) in [6.45, 7) is 0. The van der Waals surface area contributed by atoms with Gasteiger partial charge in [-0.1, -0.05) is 54.6 Å². The van der Waals surface area contributed by atoms with Crippen LogP contribution in [-0.4, -0.2) is 11.6 Å². The van der Waals surface area contributed by atoms with Gasteiger partial charge in [0.2, 0.25) is 0 Å². The minimum Gasteiger partial charge on any atom is -0.299 e. The number of ketones is 2. The van der Waals surface area contributed by atoms with E-state index in [2.05, 4.69) is 0 Å². The van der Waals surface area contributed by atoms with E-state index < -0.39 is 11.8 Å². The zero-order valence-electron chi connectivity index (χ0n) is 20.9. The molecule has 0 aliphatic heterocycles. The molecule has 4 aliphatic carbocycles.